The monoisotopic (exact) mass is 300 g/mol. The lowest BCUT2D eigenvalue weighted by Gasteiger charge is -2.32. The molecule has 3 rings (SSSR count). The Labute approximate surface area is 126 Å². The number of benzene rings is 1. The van der Waals surface area contributed by atoms with E-state index in [9.17, 15) is 9.59 Å². The number of carbonyl (C=O) groups excluding carboxylic acids is 1. The predicted molar refractivity (Wildman–Crippen MR) is 78.2 cm³/mol. The summed E-state index contributed by atoms with van der Waals surface area (Å²) in [6.07, 6.45) is 0.991. The second-order valence-corrected chi connectivity index (χ2v) is 5.50. The summed E-state index contributed by atoms with van der Waals surface area (Å²) in [5, 5.41) is 18.5. The third kappa shape index (κ3) is 2.83. The molecule has 0 spiro atoms. The first kappa shape index (κ1) is 14.2. The molecule has 1 aliphatic rings. The minimum Gasteiger partial charge on any atom is -0.481 e. The quantitative estimate of drug-likeness (QED) is 0.790. The van der Waals surface area contributed by atoms with Gasteiger partial charge in [-0.1, -0.05) is 12.1 Å². The number of rotatable bonds is 4. The number of aromatic amines is 1. The van der Waals surface area contributed by atoms with Crippen LogP contribution in [0.2, 0.25) is 0 Å². The number of aliphatic carboxylic acids is 1. The van der Waals surface area contributed by atoms with Gasteiger partial charge >= 0.3 is 5.97 Å². The number of H-pyrrole nitrogens is 1. The van der Waals surface area contributed by atoms with Crippen LogP contribution >= 0.6 is 0 Å². The van der Waals surface area contributed by atoms with Crippen molar-refractivity contribution in [1.29, 1.82) is 0 Å². The molecule has 0 aliphatic heterocycles. The Kier molecular flexibility index (Phi) is 3.62. The van der Waals surface area contributed by atoms with Crippen LogP contribution in [0, 0.1) is 12.8 Å². The molecule has 22 heavy (non-hydrogen) atoms. The Hall–Kier alpha value is -2.70. The van der Waals surface area contributed by atoms with Crippen LogP contribution in [0.3, 0.4) is 0 Å². The number of nitrogens with one attached hydrogen (secondary N) is 2. The highest BCUT2D eigenvalue weighted by molar-refractivity contribution is 5.95. The van der Waals surface area contributed by atoms with Crippen LogP contribution in [0.4, 0.5) is 0 Å². The number of carboxylic acids is 1. The number of aromatic nitrogens is 3. The van der Waals surface area contributed by atoms with Crippen LogP contribution in [-0.2, 0) is 4.79 Å². The lowest BCUT2D eigenvalue weighted by atomic mass is 9.80. The van der Waals surface area contributed by atoms with E-state index in [0.717, 1.165) is 11.4 Å². The topological polar surface area (TPSA) is 108 Å². The summed E-state index contributed by atoms with van der Waals surface area (Å²) in [5.74, 6) is 0.00685. The lowest BCUT2D eigenvalue weighted by molar-refractivity contribution is -0.145. The molecule has 7 heteroatoms. The van der Waals surface area contributed by atoms with Crippen molar-refractivity contribution < 1.29 is 14.7 Å². The second-order valence-electron chi connectivity index (χ2n) is 5.50. The first-order valence-corrected chi connectivity index (χ1v) is 7.06. The van der Waals surface area contributed by atoms with Crippen LogP contribution in [0.5, 0.6) is 0 Å². The highest BCUT2D eigenvalue weighted by atomic mass is 16.4. The molecule has 1 aliphatic carbocycles. The average molecular weight is 300 g/mol. The molecule has 1 amide bonds. The molecule has 7 nitrogen and oxygen atoms in total. The van der Waals surface area contributed by atoms with Crippen LogP contribution in [0.1, 0.15) is 29.0 Å². The predicted octanol–water partition coefficient (Wildman–Crippen LogP) is 1.37. The Morgan fingerprint density at radius 2 is 1.95 bits per heavy atom. The third-order valence-electron chi connectivity index (χ3n) is 3.83. The zero-order chi connectivity index (χ0) is 15.7. The van der Waals surface area contributed by atoms with Gasteiger partial charge in [0.2, 0.25) is 0 Å². The number of nitrogens with zero attached hydrogens (tertiary/aromatic N) is 2. The number of aryl methyl sites for hydroxylation is 1. The number of amides is 1. The molecule has 0 atom stereocenters. The molecule has 1 heterocycles. The van der Waals surface area contributed by atoms with Gasteiger partial charge in [-0.25, -0.2) is 4.98 Å². The van der Waals surface area contributed by atoms with Gasteiger partial charge in [0.1, 0.15) is 5.82 Å². The van der Waals surface area contributed by atoms with Crippen molar-refractivity contribution >= 4 is 11.9 Å². The molecule has 114 valence electrons. The van der Waals surface area contributed by atoms with Crippen LogP contribution < -0.4 is 5.32 Å². The van der Waals surface area contributed by atoms with Gasteiger partial charge in [0.25, 0.3) is 5.91 Å². The molecule has 2 aromatic rings. The Morgan fingerprint density at radius 3 is 2.50 bits per heavy atom. The molecular formula is C15H16N4O3. The maximum atomic E-state index is 12.1. The van der Waals surface area contributed by atoms with Gasteiger partial charge in [0.15, 0.2) is 5.82 Å². The molecule has 3 N–H and O–H groups in total. The van der Waals surface area contributed by atoms with Crippen molar-refractivity contribution in [2.24, 2.45) is 5.92 Å². The van der Waals surface area contributed by atoms with Crippen molar-refractivity contribution in [3.63, 3.8) is 0 Å². The van der Waals surface area contributed by atoms with Gasteiger partial charge in [-0.2, -0.15) is 5.10 Å². The smallest absolute Gasteiger partial charge is 0.306 e. The van der Waals surface area contributed by atoms with Crippen LogP contribution in [0.15, 0.2) is 24.3 Å². The molecule has 0 unspecified atom stereocenters. The summed E-state index contributed by atoms with van der Waals surface area (Å²) in [6.45, 7) is 1.82. The Morgan fingerprint density at radius 1 is 1.27 bits per heavy atom. The van der Waals surface area contributed by atoms with Crippen molar-refractivity contribution in [2.45, 2.75) is 25.8 Å². The lowest BCUT2D eigenvalue weighted by Crippen LogP contribution is -2.46. The summed E-state index contributed by atoms with van der Waals surface area (Å²) >= 11 is 0. The summed E-state index contributed by atoms with van der Waals surface area (Å²) in [6, 6.07) is 6.95. The van der Waals surface area contributed by atoms with E-state index in [4.69, 9.17) is 5.11 Å². The molecule has 1 aromatic carbocycles. The second kappa shape index (κ2) is 5.59. The van der Waals surface area contributed by atoms with E-state index < -0.39 is 5.97 Å². The first-order valence-electron chi connectivity index (χ1n) is 7.06. The number of hydrogen-bond acceptors (Lipinski definition) is 4. The van der Waals surface area contributed by atoms with Crippen molar-refractivity contribution in [3.8, 4) is 11.4 Å². The van der Waals surface area contributed by atoms with E-state index in [1.165, 1.54) is 0 Å². The minimum atomic E-state index is -0.795. The largest absolute Gasteiger partial charge is 0.481 e. The van der Waals surface area contributed by atoms with Gasteiger partial charge in [-0.3, -0.25) is 14.7 Å². The fraction of sp³-hybridized carbons (Fsp3) is 0.333. The molecule has 0 bridgehead atoms. The van der Waals surface area contributed by atoms with E-state index in [-0.39, 0.29) is 17.9 Å². The fourth-order valence-corrected chi connectivity index (χ4v) is 2.45. The first-order chi connectivity index (χ1) is 10.5. The van der Waals surface area contributed by atoms with E-state index >= 15 is 0 Å². The summed E-state index contributed by atoms with van der Waals surface area (Å²) in [4.78, 5) is 27.0. The molecular weight excluding hydrogens is 284 g/mol. The van der Waals surface area contributed by atoms with Gasteiger partial charge in [-0.05, 0) is 31.9 Å². The van der Waals surface area contributed by atoms with E-state index in [1.54, 1.807) is 24.3 Å². The van der Waals surface area contributed by atoms with Crippen molar-refractivity contribution in [2.75, 3.05) is 0 Å². The summed E-state index contributed by atoms with van der Waals surface area (Å²) in [5.41, 5.74) is 1.37. The van der Waals surface area contributed by atoms with E-state index in [0.29, 0.717) is 24.2 Å². The number of hydrogen-bond donors (Lipinski definition) is 3. The zero-order valence-corrected chi connectivity index (χ0v) is 12.0. The maximum absolute atomic E-state index is 12.1. The molecule has 0 radical (unpaired) electrons. The van der Waals surface area contributed by atoms with Gasteiger partial charge in [0, 0.05) is 17.2 Å². The standard InChI is InChI=1S/C15H16N4O3/c1-8-16-13(19-18-8)9-2-4-10(5-3-9)14(20)17-12-6-11(7-12)15(21)22/h2-5,11-12H,6-7H2,1H3,(H,17,20)(H,21,22)(H,16,18,19). The highest BCUT2D eigenvalue weighted by Gasteiger charge is 2.35. The number of carbonyl (C=O) groups is 2. The Balaban J connectivity index is 1.61. The van der Waals surface area contributed by atoms with Crippen LogP contribution in [0.25, 0.3) is 11.4 Å². The van der Waals surface area contributed by atoms with E-state index in [2.05, 4.69) is 20.5 Å². The van der Waals surface area contributed by atoms with Gasteiger partial charge in [0.05, 0.1) is 5.92 Å². The summed E-state index contributed by atoms with van der Waals surface area (Å²) in [7, 11) is 0. The van der Waals surface area contributed by atoms with Crippen molar-refractivity contribution in [3.05, 3.63) is 35.7 Å². The van der Waals surface area contributed by atoms with Gasteiger partial charge in [-0.15, -0.1) is 0 Å². The maximum Gasteiger partial charge on any atom is 0.306 e. The molecule has 1 fully saturated rings. The molecule has 1 saturated carbocycles. The average Bonchev–Trinajstić information content (AvgIpc) is 2.88. The minimum absolute atomic E-state index is 0.0519. The van der Waals surface area contributed by atoms with E-state index in [1.807, 2.05) is 6.92 Å². The molecule has 0 saturated heterocycles. The van der Waals surface area contributed by atoms with Crippen molar-refractivity contribution in [1.82, 2.24) is 20.5 Å². The zero-order valence-electron chi connectivity index (χ0n) is 12.0. The fourth-order valence-electron chi connectivity index (χ4n) is 2.45. The SMILES string of the molecule is Cc1nc(-c2ccc(C(=O)NC3CC(C(=O)O)C3)cc2)n[nH]1. The third-order valence-corrected chi connectivity index (χ3v) is 3.83. The number of carboxylic acid groups (broad SMARTS) is 1. The highest BCUT2D eigenvalue weighted by Crippen LogP contribution is 2.27. The molecule has 1 aromatic heterocycles. The normalized spacial score (nSPS) is 20.2. The van der Waals surface area contributed by atoms with Crippen LogP contribution in [-0.4, -0.2) is 38.2 Å². The van der Waals surface area contributed by atoms with Gasteiger partial charge < -0.3 is 10.4 Å². The summed E-state index contributed by atoms with van der Waals surface area (Å²) < 4.78 is 0. The Bertz CT molecular complexity index is 702.